The van der Waals surface area contributed by atoms with E-state index in [1.807, 2.05) is 24.3 Å². The SMILES string of the molecule is N#CCc1ccc(Nc2c(N)cncc2Cl)cc1. The van der Waals surface area contributed by atoms with Crippen molar-refractivity contribution >= 4 is 28.7 Å². The highest BCUT2D eigenvalue weighted by molar-refractivity contribution is 6.33. The van der Waals surface area contributed by atoms with Gasteiger partial charge in [-0.25, -0.2) is 0 Å². The lowest BCUT2D eigenvalue weighted by atomic mass is 10.1. The fourth-order valence-corrected chi connectivity index (χ4v) is 1.74. The lowest BCUT2D eigenvalue weighted by Crippen LogP contribution is -1.98. The number of rotatable bonds is 3. The molecule has 3 N–H and O–H groups in total. The summed E-state index contributed by atoms with van der Waals surface area (Å²) in [5.74, 6) is 0. The van der Waals surface area contributed by atoms with Crippen LogP contribution in [0.25, 0.3) is 0 Å². The molecule has 1 heterocycles. The molecule has 0 radical (unpaired) electrons. The summed E-state index contributed by atoms with van der Waals surface area (Å²) in [6.45, 7) is 0. The maximum absolute atomic E-state index is 8.59. The zero-order valence-corrected chi connectivity index (χ0v) is 10.3. The van der Waals surface area contributed by atoms with Crippen molar-refractivity contribution in [1.29, 1.82) is 5.26 Å². The zero-order valence-electron chi connectivity index (χ0n) is 9.52. The topological polar surface area (TPSA) is 74.7 Å². The number of halogens is 1. The van der Waals surface area contributed by atoms with Crippen molar-refractivity contribution in [1.82, 2.24) is 4.98 Å². The molecule has 0 aliphatic heterocycles. The molecule has 1 aromatic heterocycles. The Morgan fingerprint density at radius 1 is 1.28 bits per heavy atom. The molecule has 5 heteroatoms. The number of aromatic nitrogens is 1. The Hall–Kier alpha value is -2.25. The second-order valence-electron chi connectivity index (χ2n) is 3.74. The molecule has 2 rings (SSSR count). The predicted molar refractivity (Wildman–Crippen MR) is 72.7 cm³/mol. The molecule has 0 unspecified atom stereocenters. The number of benzene rings is 1. The summed E-state index contributed by atoms with van der Waals surface area (Å²) in [6, 6.07) is 9.63. The Labute approximate surface area is 110 Å². The number of nitrogen functional groups attached to an aromatic ring is 1. The first-order valence-electron chi connectivity index (χ1n) is 5.32. The maximum Gasteiger partial charge on any atom is 0.0845 e. The minimum absolute atomic E-state index is 0.401. The average Bonchev–Trinajstić information content (AvgIpc) is 2.36. The van der Waals surface area contributed by atoms with E-state index in [0.717, 1.165) is 11.3 Å². The van der Waals surface area contributed by atoms with Crippen LogP contribution in [0.15, 0.2) is 36.7 Å². The summed E-state index contributed by atoms with van der Waals surface area (Å²) in [5.41, 5.74) is 8.75. The predicted octanol–water partition coefficient (Wildman–Crippen LogP) is 3.13. The van der Waals surface area contributed by atoms with Gasteiger partial charge in [-0.05, 0) is 17.7 Å². The standard InChI is InChI=1S/C13H11ClN4/c14-11-7-17-8-12(16)13(11)18-10-3-1-9(2-4-10)5-6-15/h1-4,7-8H,5,16H2,(H,17,18). The van der Waals surface area contributed by atoms with Gasteiger partial charge in [0, 0.05) is 11.9 Å². The number of pyridine rings is 1. The Balaban J connectivity index is 2.22. The van der Waals surface area contributed by atoms with E-state index in [4.69, 9.17) is 22.6 Å². The molecule has 1 aromatic carbocycles. The van der Waals surface area contributed by atoms with Crippen molar-refractivity contribution in [2.24, 2.45) is 0 Å². The zero-order chi connectivity index (χ0) is 13.0. The second-order valence-corrected chi connectivity index (χ2v) is 4.15. The third-order valence-electron chi connectivity index (χ3n) is 2.44. The summed E-state index contributed by atoms with van der Waals surface area (Å²) in [7, 11) is 0. The van der Waals surface area contributed by atoms with Crippen molar-refractivity contribution in [3.8, 4) is 6.07 Å². The van der Waals surface area contributed by atoms with Crippen LogP contribution in [0.3, 0.4) is 0 Å². The van der Waals surface area contributed by atoms with Crippen LogP contribution in [0, 0.1) is 11.3 Å². The van der Waals surface area contributed by atoms with E-state index in [1.165, 1.54) is 12.4 Å². The molecule has 4 nitrogen and oxygen atoms in total. The highest BCUT2D eigenvalue weighted by Gasteiger charge is 2.05. The smallest absolute Gasteiger partial charge is 0.0845 e. The first-order valence-corrected chi connectivity index (χ1v) is 5.70. The number of nitrogens with zero attached hydrogens (tertiary/aromatic N) is 2. The van der Waals surface area contributed by atoms with Gasteiger partial charge in [0.1, 0.15) is 0 Å². The number of hydrogen-bond donors (Lipinski definition) is 2. The van der Waals surface area contributed by atoms with E-state index in [-0.39, 0.29) is 0 Å². The second kappa shape index (κ2) is 5.39. The molecule has 0 saturated heterocycles. The van der Waals surface area contributed by atoms with Gasteiger partial charge in [-0.2, -0.15) is 5.26 Å². The summed E-state index contributed by atoms with van der Waals surface area (Å²) in [6.07, 6.45) is 3.47. The Kier molecular flexibility index (Phi) is 3.66. The van der Waals surface area contributed by atoms with E-state index >= 15 is 0 Å². The minimum Gasteiger partial charge on any atom is -0.396 e. The summed E-state index contributed by atoms with van der Waals surface area (Å²) in [4.78, 5) is 3.89. The first kappa shape index (κ1) is 12.2. The molecule has 0 atom stereocenters. The summed E-state index contributed by atoms with van der Waals surface area (Å²) in [5, 5.41) is 12.2. The molecule has 0 saturated carbocycles. The molecule has 2 aromatic rings. The molecule has 0 aliphatic rings. The van der Waals surface area contributed by atoms with Gasteiger partial charge in [-0.15, -0.1) is 0 Å². The fraction of sp³-hybridized carbons (Fsp3) is 0.0769. The van der Waals surface area contributed by atoms with Crippen LogP contribution in [0.2, 0.25) is 5.02 Å². The van der Waals surface area contributed by atoms with Crippen LogP contribution >= 0.6 is 11.6 Å². The summed E-state index contributed by atoms with van der Waals surface area (Å²) >= 11 is 6.01. The minimum atomic E-state index is 0.401. The van der Waals surface area contributed by atoms with Crippen molar-refractivity contribution in [2.45, 2.75) is 6.42 Å². The van der Waals surface area contributed by atoms with E-state index in [9.17, 15) is 0 Å². The van der Waals surface area contributed by atoms with Crippen LogP contribution in [0.4, 0.5) is 17.1 Å². The highest BCUT2D eigenvalue weighted by Crippen LogP contribution is 2.29. The molecule has 0 spiro atoms. The molecule has 18 heavy (non-hydrogen) atoms. The normalized spacial score (nSPS) is 9.78. The third-order valence-corrected chi connectivity index (χ3v) is 2.72. The van der Waals surface area contributed by atoms with Crippen molar-refractivity contribution < 1.29 is 0 Å². The molecule has 0 aliphatic carbocycles. The molecular weight excluding hydrogens is 248 g/mol. The van der Waals surface area contributed by atoms with E-state index < -0.39 is 0 Å². The molecule has 0 bridgehead atoms. The van der Waals surface area contributed by atoms with Crippen molar-refractivity contribution in [3.63, 3.8) is 0 Å². The monoisotopic (exact) mass is 258 g/mol. The number of nitriles is 1. The van der Waals surface area contributed by atoms with E-state index in [1.54, 1.807) is 0 Å². The van der Waals surface area contributed by atoms with Gasteiger partial charge in [0.15, 0.2) is 0 Å². The first-order chi connectivity index (χ1) is 8.70. The maximum atomic E-state index is 8.59. The molecule has 0 amide bonds. The molecular formula is C13H11ClN4. The van der Waals surface area contributed by atoms with Crippen LogP contribution in [-0.4, -0.2) is 4.98 Å². The number of hydrogen-bond acceptors (Lipinski definition) is 4. The van der Waals surface area contributed by atoms with Gasteiger partial charge in [0.05, 0.1) is 35.1 Å². The van der Waals surface area contributed by atoms with Crippen LogP contribution < -0.4 is 11.1 Å². The van der Waals surface area contributed by atoms with Crippen LogP contribution in [0.1, 0.15) is 5.56 Å². The molecule has 90 valence electrons. The largest absolute Gasteiger partial charge is 0.396 e. The highest BCUT2D eigenvalue weighted by atomic mass is 35.5. The average molecular weight is 259 g/mol. The van der Waals surface area contributed by atoms with Crippen molar-refractivity contribution in [2.75, 3.05) is 11.1 Å². The van der Waals surface area contributed by atoms with Crippen molar-refractivity contribution in [3.05, 3.63) is 47.2 Å². The number of anilines is 3. The molecule has 0 fully saturated rings. The fourth-order valence-electron chi connectivity index (χ4n) is 1.52. The van der Waals surface area contributed by atoms with Gasteiger partial charge in [0.25, 0.3) is 0 Å². The van der Waals surface area contributed by atoms with E-state index in [0.29, 0.717) is 22.8 Å². The summed E-state index contributed by atoms with van der Waals surface area (Å²) < 4.78 is 0. The lowest BCUT2D eigenvalue weighted by Gasteiger charge is -2.10. The van der Waals surface area contributed by atoms with Crippen LogP contribution in [0.5, 0.6) is 0 Å². The number of nitrogens with two attached hydrogens (primary N) is 1. The quantitative estimate of drug-likeness (QED) is 0.887. The Bertz CT molecular complexity index is 567. The van der Waals surface area contributed by atoms with Gasteiger partial charge >= 0.3 is 0 Å². The Morgan fingerprint density at radius 3 is 2.61 bits per heavy atom. The lowest BCUT2D eigenvalue weighted by molar-refractivity contribution is 1.26. The number of nitrogens with one attached hydrogen (secondary N) is 1. The van der Waals surface area contributed by atoms with E-state index in [2.05, 4.69) is 16.4 Å². The van der Waals surface area contributed by atoms with Gasteiger partial charge in [-0.1, -0.05) is 23.7 Å². The Morgan fingerprint density at radius 2 is 2.00 bits per heavy atom. The van der Waals surface area contributed by atoms with Gasteiger partial charge in [0.2, 0.25) is 0 Å². The van der Waals surface area contributed by atoms with Crippen LogP contribution in [-0.2, 0) is 6.42 Å². The van der Waals surface area contributed by atoms with Gasteiger partial charge < -0.3 is 11.1 Å². The van der Waals surface area contributed by atoms with Gasteiger partial charge in [-0.3, -0.25) is 4.98 Å². The third kappa shape index (κ3) is 2.70.